The molecule has 0 saturated carbocycles. The Morgan fingerprint density at radius 3 is 2.24 bits per heavy atom. The number of aromatic amines is 1. The molecule has 6 rings (SSSR count). The highest BCUT2D eigenvalue weighted by atomic mass is 15.1. The fourth-order valence-electron chi connectivity index (χ4n) is 5.63. The molecule has 2 saturated heterocycles. The van der Waals surface area contributed by atoms with Crippen LogP contribution >= 0.6 is 0 Å². The summed E-state index contributed by atoms with van der Waals surface area (Å²) >= 11 is 0. The van der Waals surface area contributed by atoms with Crippen molar-refractivity contribution in [2.45, 2.75) is 63.7 Å². The molecule has 0 spiro atoms. The number of hydrogen-bond donors (Lipinski definition) is 4. The Labute approximate surface area is 224 Å². The summed E-state index contributed by atoms with van der Waals surface area (Å²) < 4.78 is 0. The molecule has 0 aliphatic carbocycles. The van der Waals surface area contributed by atoms with Crippen molar-refractivity contribution in [2.75, 3.05) is 0 Å². The number of nitrogens with one attached hydrogen (secondary N) is 3. The van der Waals surface area contributed by atoms with Crippen LogP contribution in [0.3, 0.4) is 0 Å². The van der Waals surface area contributed by atoms with Gasteiger partial charge in [0.1, 0.15) is 5.82 Å². The smallest absolute Gasteiger partial charge is 0.123 e. The van der Waals surface area contributed by atoms with Gasteiger partial charge in [0.2, 0.25) is 0 Å². The molecule has 4 aromatic rings. The van der Waals surface area contributed by atoms with Crippen LogP contribution in [0.15, 0.2) is 78.1 Å². The van der Waals surface area contributed by atoms with E-state index in [4.69, 9.17) is 5.73 Å². The molecule has 6 nitrogen and oxygen atoms in total. The Kier molecular flexibility index (Phi) is 6.83. The van der Waals surface area contributed by atoms with Crippen molar-refractivity contribution < 1.29 is 0 Å². The maximum Gasteiger partial charge on any atom is 0.123 e. The summed E-state index contributed by atoms with van der Waals surface area (Å²) in [6, 6.07) is 23.4. The average molecular weight is 505 g/mol. The number of H-pyrrole nitrogens is 1. The molecular weight excluding hydrogens is 468 g/mol. The summed E-state index contributed by atoms with van der Waals surface area (Å²) in [6.45, 7) is 4.44. The quantitative estimate of drug-likeness (QED) is 0.236. The fourth-order valence-corrected chi connectivity index (χ4v) is 5.63. The van der Waals surface area contributed by atoms with Gasteiger partial charge in [-0.1, -0.05) is 48.5 Å². The highest BCUT2D eigenvalue weighted by Crippen LogP contribution is 2.30. The summed E-state index contributed by atoms with van der Waals surface area (Å²) in [5.74, 6) is 1.03. The Morgan fingerprint density at radius 1 is 0.842 bits per heavy atom. The van der Waals surface area contributed by atoms with Crippen LogP contribution in [0.5, 0.6) is 0 Å². The van der Waals surface area contributed by atoms with Gasteiger partial charge in [-0.15, -0.1) is 0 Å². The van der Waals surface area contributed by atoms with E-state index < -0.39 is 0 Å². The zero-order valence-electron chi connectivity index (χ0n) is 22.1. The first-order valence-corrected chi connectivity index (χ1v) is 13.7. The first-order chi connectivity index (χ1) is 18.5. The minimum absolute atomic E-state index is 0.324. The van der Waals surface area contributed by atoms with Crippen LogP contribution in [0.4, 0.5) is 0 Å². The van der Waals surface area contributed by atoms with Crippen molar-refractivity contribution >= 4 is 22.7 Å². The maximum atomic E-state index is 6.29. The van der Waals surface area contributed by atoms with Crippen LogP contribution in [0.2, 0.25) is 0 Å². The van der Waals surface area contributed by atoms with E-state index in [1.165, 1.54) is 29.2 Å². The number of imidazole rings is 1. The molecule has 2 aliphatic rings. The van der Waals surface area contributed by atoms with E-state index in [2.05, 4.69) is 100 Å². The fraction of sp³-hybridized carbons (Fsp3) is 0.312. The predicted molar refractivity (Wildman–Crippen MR) is 158 cm³/mol. The molecular formula is C32H36N6. The highest BCUT2D eigenvalue weighted by molar-refractivity contribution is 5.90. The molecule has 2 aliphatic heterocycles. The molecule has 2 fully saturated rings. The lowest BCUT2D eigenvalue weighted by Crippen LogP contribution is -2.27. The molecule has 38 heavy (non-hydrogen) atoms. The van der Waals surface area contributed by atoms with Crippen LogP contribution in [-0.2, 0) is 0 Å². The second kappa shape index (κ2) is 10.6. The van der Waals surface area contributed by atoms with Gasteiger partial charge < -0.3 is 21.4 Å². The number of hydrogen-bond acceptors (Lipinski definition) is 5. The Hall–Kier alpha value is -3.74. The van der Waals surface area contributed by atoms with E-state index in [0.717, 1.165) is 41.1 Å². The summed E-state index contributed by atoms with van der Waals surface area (Å²) in [4.78, 5) is 12.6. The molecule has 194 valence electrons. The van der Waals surface area contributed by atoms with Crippen molar-refractivity contribution in [1.29, 1.82) is 0 Å². The van der Waals surface area contributed by atoms with E-state index in [0.29, 0.717) is 29.9 Å². The number of fused-ring (bicyclic) bond motifs is 1. The van der Waals surface area contributed by atoms with Gasteiger partial charge in [0.05, 0.1) is 29.8 Å². The molecule has 0 radical (unpaired) electrons. The van der Waals surface area contributed by atoms with Crippen molar-refractivity contribution in [3.63, 3.8) is 0 Å². The number of benzene rings is 3. The first kappa shape index (κ1) is 24.6. The summed E-state index contributed by atoms with van der Waals surface area (Å²) in [5, 5.41) is 9.53. The number of rotatable bonds is 6. The molecule has 3 aromatic carbocycles. The second-order valence-corrected chi connectivity index (χ2v) is 10.9. The van der Waals surface area contributed by atoms with Crippen LogP contribution in [0, 0.1) is 0 Å². The van der Waals surface area contributed by atoms with Crippen molar-refractivity contribution in [3.8, 4) is 22.4 Å². The summed E-state index contributed by atoms with van der Waals surface area (Å²) in [5.41, 5.74) is 12.5. The SMILES string of the molecule is C[C@H]1CC[C@@H](C=N/C=C(\N)c2ccc(-c3ccc4cc(-c5cnc([C@@H]6CC[C@H](C)N6)[nH]5)ccc4c3)cc2)N1. The van der Waals surface area contributed by atoms with Gasteiger partial charge in [-0.05, 0) is 79.1 Å². The Morgan fingerprint density at radius 2 is 1.53 bits per heavy atom. The predicted octanol–water partition coefficient (Wildman–Crippen LogP) is 6.18. The lowest BCUT2D eigenvalue weighted by molar-refractivity contribution is 0.564. The Bertz CT molecular complexity index is 1480. The van der Waals surface area contributed by atoms with Crippen LogP contribution in [-0.4, -0.2) is 34.3 Å². The minimum Gasteiger partial charge on any atom is -0.397 e. The van der Waals surface area contributed by atoms with Gasteiger partial charge >= 0.3 is 0 Å². The van der Waals surface area contributed by atoms with Crippen LogP contribution in [0.1, 0.15) is 57.0 Å². The standard InChI is InChI=1S/C32H36N6/c1-20-3-13-28(36-20)17-34-18-29(33)23-7-5-22(6-8-23)24-9-10-26-16-27(12-11-25(26)15-24)31-19-35-32(38-31)30-14-4-21(2)37-30/h5-12,15-21,28,30,36-37H,3-4,13-14,33H2,1-2H3,(H,35,38)/b29-18-,34-17?/t20-,21-,28-,30-/m0/s1. The lowest BCUT2D eigenvalue weighted by Gasteiger charge is -2.09. The van der Waals surface area contributed by atoms with Gasteiger partial charge in [0.25, 0.3) is 0 Å². The van der Waals surface area contributed by atoms with Gasteiger partial charge in [0, 0.05) is 29.9 Å². The number of aliphatic imine (C=N–C) groups is 1. The van der Waals surface area contributed by atoms with Crippen molar-refractivity contribution in [2.24, 2.45) is 10.7 Å². The summed E-state index contributed by atoms with van der Waals surface area (Å²) in [7, 11) is 0. The molecule has 0 bridgehead atoms. The third kappa shape index (κ3) is 5.28. The minimum atomic E-state index is 0.324. The molecule has 6 heteroatoms. The first-order valence-electron chi connectivity index (χ1n) is 13.7. The highest BCUT2D eigenvalue weighted by Gasteiger charge is 2.24. The van der Waals surface area contributed by atoms with Gasteiger partial charge in [-0.25, -0.2) is 4.98 Å². The molecule has 3 heterocycles. The van der Waals surface area contributed by atoms with E-state index in [1.807, 2.05) is 12.4 Å². The molecule has 4 atom stereocenters. The third-order valence-electron chi connectivity index (χ3n) is 7.89. The van der Waals surface area contributed by atoms with E-state index >= 15 is 0 Å². The Balaban J connectivity index is 1.16. The largest absolute Gasteiger partial charge is 0.397 e. The van der Waals surface area contributed by atoms with Crippen LogP contribution < -0.4 is 16.4 Å². The van der Waals surface area contributed by atoms with E-state index in [-0.39, 0.29) is 0 Å². The maximum absolute atomic E-state index is 6.29. The van der Waals surface area contributed by atoms with Gasteiger partial charge in [-0.3, -0.25) is 4.99 Å². The number of nitrogens with two attached hydrogens (primary N) is 1. The molecule has 0 unspecified atom stereocenters. The van der Waals surface area contributed by atoms with Gasteiger partial charge in [-0.2, -0.15) is 0 Å². The normalized spacial score (nSPS) is 24.1. The van der Waals surface area contributed by atoms with E-state index in [1.54, 1.807) is 6.20 Å². The zero-order valence-corrected chi connectivity index (χ0v) is 22.1. The van der Waals surface area contributed by atoms with Gasteiger partial charge in [0.15, 0.2) is 0 Å². The molecule has 1 aromatic heterocycles. The molecule has 5 N–H and O–H groups in total. The van der Waals surface area contributed by atoms with Crippen molar-refractivity contribution in [3.05, 3.63) is 84.4 Å². The monoisotopic (exact) mass is 504 g/mol. The average Bonchev–Trinajstić information content (AvgIpc) is 3.69. The topological polar surface area (TPSA) is 91.1 Å². The number of aromatic nitrogens is 2. The third-order valence-corrected chi connectivity index (χ3v) is 7.89. The van der Waals surface area contributed by atoms with Crippen LogP contribution in [0.25, 0.3) is 38.9 Å². The summed E-state index contributed by atoms with van der Waals surface area (Å²) in [6.07, 6.45) is 10.3. The number of nitrogens with zero attached hydrogens (tertiary/aromatic N) is 2. The van der Waals surface area contributed by atoms with E-state index in [9.17, 15) is 0 Å². The molecule has 0 amide bonds. The van der Waals surface area contributed by atoms with Crippen molar-refractivity contribution in [1.82, 2.24) is 20.6 Å². The zero-order chi connectivity index (χ0) is 26.1. The lowest BCUT2D eigenvalue weighted by atomic mass is 9.98. The second-order valence-electron chi connectivity index (χ2n) is 10.9.